The van der Waals surface area contributed by atoms with Crippen molar-refractivity contribution in [2.45, 2.75) is 13.1 Å². The molecule has 0 saturated carbocycles. The molecule has 0 saturated heterocycles. The Balaban J connectivity index is 2.24. The van der Waals surface area contributed by atoms with Crippen LogP contribution in [0.5, 0.6) is 0 Å². The van der Waals surface area contributed by atoms with E-state index in [2.05, 4.69) is 4.98 Å². The molecule has 0 aliphatic rings. The number of pyridine rings is 1. The van der Waals surface area contributed by atoms with Crippen molar-refractivity contribution >= 4 is 28.5 Å². The lowest BCUT2D eigenvalue weighted by molar-refractivity contribution is -0.137. The number of fused-ring (bicyclic) bond motifs is 1. The van der Waals surface area contributed by atoms with Crippen molar-refractivity contribution in [1.29, 1.82) is 0 Å². The average molecular weight is 369 g/mol. The molecule has 0 N–H and O–H groups in total. The molecule has 0 spiro atoms. The highest BCUT2D eigenvalue weighted by atomic mass is 35.5. The lowest BCUT2D eigenvalue weighted by atomic mass is 10.2. The van der Waals surface area contributed by atoms with Crippen LogP contribution in [0.25, 0.3) is 16.7 Å². The standard InChI is InChI=1S/C17H12ClF3N2O2/c1-2-25-16(24)15-14(18)11-5-3-4-6-12(11)23(15)13-8-7-10(9-22-13)17(19,20)21/h3-9H,2H2,1H3. The Bertz CT molecular complexity index is 933. The first-order chi connectivity index (χ1) is 11.8. The number of ether oxygens (including phenoxy) is 1. The first-order valence-electron chi connectivity index (χ1n) is 7.34. The molecule has 0 radical (unpaired) electrons. The molecule has 130 valence electrons. The normalized spacial score (nSPS) is 11.7. The van der Waals surface area contributed by atoms with E-state index in [-0.39, 0.29) is 23.1 Å². The van der Waals surface area contributed by atoms with Crippen LogP contribution in [0.3, 0.4) is 0 Å². The number of nitrogens with zero attached hydrogens (tertiary/aromatic N) is 2. The van der Waals surface area contributed by atoms with Gasteiger partial charge in [0.15, 0.2) is 5.69 Å². The zero-order chi connectivity index (χ0) is 18.2. The summed E-state index contributed by atoms with van der Waals surface area (Å²) < 4.78 is 44.7. The second-order valence-electron chi connectivity index (χ2n) is 5.14. The van der Waals surface area contributed by atoms with E-state index in [0.29, 0.717) is 17.1 Å². The zero-order valence-electron chi connectivity index (χ0n) is 13.0. The fraction of sp³-hybridized carbons (Fsp3) is 0.176. The predicted octanol–water partition coefficient (Wildman–Crippen LogP) is 4.87. The van der Waals surface area contributed by atoms with Crippen molar-refractivity contribution in [2.24, 2.45) is 0 Å². The summed E-state index contributed by atoms with van der Waals surface area (Å²) in [6.45, 7) is 1.78. The van der Waals surface area contributed by atoms with E-state index < -0.39 is 17.7 Å². The molecule has 0 aliphatic carbocycles. The minimum Gasteiger partial charge on any atom is -0.461 e. The van der Waals surface area contributed by atoms with Gasteiger partial charge in [-0.1, -0.05) is 29.8 Å². The first-order valence-corrected chi connectivity index (χ1v) is 7.72. The Hall–Kier alpha value is -2.54. The van der Waals surface area contributed by atoms with Crippen LogP contribution in [-0.4, -0.2) is 22.1 Å². The molecule has 0 aliphatic heterocycles. The van der Waals surface area contributed by atoms with Gasteiger partial charge in [-0.15, -0.1) is 0 Å². The molecule has 0 unspecified atom stereocenters. The van der Waals surface area contributed by atoms with E-state index in [4.69, 9.17) is 16.3 Å². The van der Waals surface area contributed by atoms with Crippen LogP contribution in [0.15, 0.2) is 42.6 Å². The average Bonchev–Trinajstić information content (AvgIpc) is 2.88. The van der Waals surface area contributed by atoms with Gasteiger partial charge < -0.3 is 4.74 Å². The predicted molar refractivity (Wildman–Crippen MR) is 87.0 cm³/mol. The van der Waals surface area contributed by atoms with Crippen LogP contribution in [0.1, 0.15) is 23.0 Å². The monoisotopic (exact) mass is 368 g/mol. The Morgan fingerprint density at radius 2 is 1.96 bits per heavy atom. The molecule has 25 heavy (non-hydrogen) atoms. The number of aromatic nitrogens is 2. The van der Waals surface area contributed by atoms with Gasteiger partial charge in [-0.05, 0) is 25.1 Å². The summed E-state index contributed by atoms with van der Waals surface area (Å²) in [6.07, 6.45) is -3.78. The van der Waals surface area contributed by atoms with Gasteiger partial charge in [0.25, 0.3) is 0 Å². The topological polar surface area (TPSA) is 44.1 Å². The third kappa shape index (κ3) is 3.07. The summed E-state index contributed by atoms with van der Waals surface area (Å²) in [7, 11) is 0. The van der Waals surface area contributed by atoms with Crippen molar-refractivity contribution in [3.63, 3.8) is 0 Å². The van der Waals surface area contributed by atoms with Crippen LogP contribution in [0.2, 0.25) is 5.02 Å². The van der Waals surface area contributed by atoms with Gasteiger partial charge in [-0.3, -0.25) is 4.57 Å². The zero-order valence-corrected chi connectivity index (χ0v) is 13.7. The van der Waals surface area contributed by atoms with Gasteiger partial charge in [0.2, 0.25) is 0 Å². The molecule has 0 bridgehead atoms. The summed E-state index contributed by atoms with van der Waals surface area (Å²) in [5.41, 5.74) is -0.309. The molecular formula is C17H12ClF3N2O2. The number of rotatable bonds is 3. The summed E-state index contributed by atoms with van der Waals surface area (Å²) >= 11 is 6.32. The first kappa shape index (κ1) is 17.3. The van der Waals surface area contributed by atoms with Gasteiger partial charge in [-0.25, -0.2) is 9.78 Å². The minimum absolute atomic E-state index is 0.0250. The Morgan fingerprint density at radius 1 is 1.24 bits per heavy atom. The van der Waals surface area contributed by atoms with Crippen molar-refractivity contribution in [3.8, 4) is 5.82 Å². The lowest BCUT2D eigenvalue weighted by Crippen LogP contribution is -2.13. The van der Waals surface area contributed by atoms with Crippen molar-refractivity contribution < 1.29 is 22.7 Å². The SMILES string of the molecule is CCOC(=O)c1c(Cl)c2ccccc2n1-c1ccc(C(F)(F)F)cn1. The molecule has 3 rings (SSSR count). The lowest BCUT2D eigenvalue weighted by Gasteiger charge is -2.11. The maximum Gasteiger partial charge on any atom is 0.417 e. The quantitative estimate of drug-likeness (QED) is 0.619. The molecule has 0 amide bonds. The number of esters is 1. The summed E-state index contributed by atoms with van der Waals surface area (Å²) in [4.78, 5) is 16.2. The van der Waals surface area contributed by atoms with Gasteiger partial charge in [0.05, 0.1) is 22.7 Å². The number of benzene rings is 1. The van der Waals surface area contributed by atoms with Gasteiger partial charge >= 0.3 is 12.1 Å². The molecule has 0 atom stereocenters. The van der Waals surface area contributed by atoms with Gasteiger partial charge in [0.1, 0.15) is 5.82 Å². The molecule has 0 fully saturated rings. The van der Waals surface area contributed by atoms with Crippen LogP contribution in [-0.2, 0) is 10.9 Å². The fourth-order valence-electron chi connectivity index (χ4n) is 2.50. The summed E-state index contributed by atoms with van der Waals surface area (Å²) in [5, 5.41) is 0.740. The minimum atomic E-state index is -4.49. The van der Waals surface area contributed by atoms with Crippen LogP contribution in [0.4, 0.5) is 13.2 Å². The third-order valence-corrected chi connectivity index (χ3v) is 3.97. The van der Waals surface area contributed by atoms with E-state index in [0.717, 1.165) is 6.07 Å². The fourth-order valence-corrected chi connectivity index (χ4v) is 2.83. The number of hydrogen-bond acceptors (Lipinski definition) is 3. The van der Waals surface area contributed by atoms with E-state index >= 15 is 0 Å². The van der Waals surface area contributed by atoms with E-state index in [9.17, 15) is 18.0 Å². The Morgan fingerprint density at radius 3 is 2.56 bits per heavy atom. The van der Waals surface area contributed by atoms with Crippen molar-refractivity contribution in [2.75, 3.05) is 6.61 Å². The smallest absolute Gasteiger partial charge is 0.417 e. The molecule has 8 heteroatoms. The number of halogens is 4. The summed E-state index contributed by atoms with van der Waals surface area (Å²) in [5.74, 6) is -0.537. The highest BCUT2D eigenvalue weighted by molar-refractivity contribution is 6.38. The maximum atomic E-state index is 12.7. The number of hydrogen-bond donors (Lipinski definition) is 0. The summed E-state index contributed by atoms with van der Waals surface area (Å²) in [6, 6.07) is 8.97. The Kier molecular flexibility index (Phi) is 4.43. The van der Waals surface area contributed by atoms with E-state index in [1.807, 2.05) is 0 Å². The second-order valence-corrected chi connectivity index (χ2v) is 5.52. The number of carbonyl (C=O) groups is 1. The van der Waals surface area contributed by atoms with Crippen molar-refractivity contribution in [3.05, 3.63) is 58.9 Å². The van der Waals surface area contributed by atoms with Gasteiger partial charge in [-0.2, -0.15) is 13.2 Å². The van der Waals surface area contributed by atoms with Gasteiger partial charge in [0, 0.05) is 11.6 Å². The molecule has 2 aromatic heterocycles. The van der Waals surface area contributed by atoms with Crippen LogP contribution in [0, 0.1) is 0 Å². The Labute approximate surface area is 145 Å². The molecular weight excluding hydrogens is 357 g/mol. The molecule has 1 aromatic carbocycles. The molecule has 3 aromatic rings. The number of alkyl halides is 3. The van der Waals surface area contributed by atoms with Crippen LogP contribution < -0.4 is 0 Å². The van der Waals surface area contributed by atoms with Crippen molar-refractivity contribution in [1.82, 2.24) is 9.55 Å². The van der Waals surface area contributed by atoms with E-state index in [1.54, 1.807) is 31.2 Å². The van der Waals surface area contributed by atoms with E-state index in [1.165, 1.54) is 10.6 Å². The second kappa shape index (κ2) is 6.40. The highest BCUT2D eigenvalue weighted by Gasteiger charge is 2.31. The largest absolute Gasteiger partial charge is 0.461 e. The third-order valence-electron chi connectivity index (χ3n) is 3.59. The number of carbonyl (C=O) groups excluding carboxylic acids is 1. The van der Waals surface area contributed by atoms with Crippen LogP contribution >= 0.6 is 11.6 Å². The number of para-hydroxylation sites is 1. The molecule has 4 nitrogen and oxygen atoms in total. The maximum absolute atomic E-state index is 12.7. The molecule has 2 heterocycles. The highest BCUT2D eigenvalue weighted by Crippen LogP contribution is 2.34.